The highest BCUT2D eigenvalue weighted by Gasteiger charge is 2.31. The van der Waals surface area contributed by atoms with E-state index in [2.05, 4.69) is 0 Å². The van der Waals surface area contributed by atoms with Crippen molar-refractivity contribution in [2.75, 3.05) is 18.8 Å². The molecule has 1 amide bonds. The average molecular weight is 300 g/mol. The SMILES string of the molecule is CC1CC(CN)CN1C(=O)CSc1ccc(F)c(F)c1. The van der Waals surface area contributed by atoms with Crippen molar-refractivity contribution in [1.29, 1.82) is 0 Å². The molecule has 1 aliphatic rings. The van der Waals surface area contributed by atoms with Crippen LogP contribution in [0.1, 0.15) is 13.3 Å². The summed E-state index contributed by atoms with van der Waals surface area (Å²) in [5.41, 5.74) is 5.63. The smallest absolute Gasteiger partial charge is 0.233 e. The summed E-state index contributed by atoms with van der Waals surface area (Å²) in [5, 5.41) is 0. The van der Waals surface area contributed by atoms with Crippen molar-refractivity contribution in [3.63, 3.8) is 0 Å². The third kappa shape index (κ3) is 3.49. The topological polar surface area (TPSA) is 46.3 Å². The van der Waals surface area contributed by atoms with E-state index in [0.717, 1.165) is 18.6 Å². The second-order valence-electron chi connectivity index (χ2n) is 5.10. The Morgan fingerprint density at radius 2 is 2.20 bits per heavy atom. The van der Waals surface area contributed by atoms with Gasteiger partial charge >= 0.3 is 0 Å². The van der Waals surface area contributed by atoms with Crippen molar-refractivity contribution in [2.24, 2.45) is 11.7 Å². The minimum atomic E-state index is -0.889. The Morgan fingerprint density at radius 3 is 2.80 bits per heavy atom. The first-order valence-electron chi connectivity index (χ1n) is 6.58. The van der Waals surface area contributed by atoms with Gasteiger partial charge in [0.2, 0.25) is 5.91 Å². The molecule has 2 rings (SSSR count). The number of hydrogen-bond donors (Lipinski definition) is 1. The quantitative estimate of drug-likeness (QED) is 0.868. The van der Waals surface area contributed by atoms with Crippen LogP contribution in [0, 0.1) is 17.6 Å². The van der Waals surface area contributed by atoms with Gasteiger partial charge in [0.05, 0.1) is 5.75 Å². The normalized spacial score (nSPS) is 22.3. The number of benzene rings is 1. The van der Waals surface area contributed by atoms with Gasteiger partial charge in [0, 0.05) is 17.5 Å². The molecule has 0 bridgehead atoms. The Morgan fingerprint density at radius 1 is 1.45 bits per heavy atom. The first kappa shape index (κ1) is 15.3. The molecule has 1 aromatic carbocycles. The summed E-state index contributed by atoms with van der Waals surface area (Å²) >= 11 is 1.22. The monoisotopic (exact) mass is 300 g/mol. The van der Waals surface area contributed by atoms with E-state index in [9.17, 15) is 13.6 Å². The third-order valence-corrected chi connectivity index (χ3v) is 4.55. The Kier molecular flexibility index (Phi) is 4.99. The van der Waals surface area contributed by atoms with Crippen molar-refractivity contribution in [1.82, 2.24) is 4.90 Å². The molecule has 0 saturated carbocycles. The van der Waals surface area contributed by atoms with Crippen LogP contribution >= 0.6 is 11.8 Å². The Labute approximate surface area is 121 Å². The van der Waals surface area contributed by atoms with Gasteiger partial charge in [-0.05, 0) is 44.0 Å². The molecule has 3 nitrogen and oxygen atoms in total. The first-order valence-corrected chi connectivity index (χ1v) is 7.57. The van der Waals surface area contributed by atoms with Gasteiger partial charge in [-0.3, -0.25) is 4.79 Å². The van der Waals surface area contributed by atoms with E-state index in [-0.39, 0.29) is 17.7 Å². The first-order chi connectivity index (χ1) is 9.51. The van der Waals surface area contributed by atoms with Crippen molar-refractivity contribution in [3.05, 3.63) is 29.8 Å². The largest absolute Gasteiger partial charge is 0.339 e. The van der Waals surface area contributed by atoms with E-state index < -0.39 is 11.6 Å². The molecule has 2 atom stereocenters. The Hall–Kier alpha value is -1.14. The molecule has 1 aromatic rings. The van der Waals surface area contributed by atoms with Gasteiger partial charge in [-0.15, -0.1) is 11.8 Å². The summed E-state index contributed by atoms with van der Waals surface area (Å²) in [4.78, 5) is 14.5. The lowest BCUT2D eigenvalue weighted by molar-refractivity contribution is -0.128. The molecule has 2 N–H and O–H groups in total. The molecule has 110 valence electrons. The van der Waals surface area contributed by atoms with Crippen LogP contribution in [0.5, 0.6) is 0 Å². The summed E-state index contributed by atoms with van der Waals surface area (Å²) in [6.07, 6.45) is 0.929. The predicted octanol–water partition coefficient (Wildman–Crippen LogP) is 2.25. The number of thioether (sulfide) groups is 1. The van der Waals surface area contributed by atoms with Crippen LogP contribution in [0.25, 0.3) is 0 Å². The lowest BCUT2D eigenvalue weighted by Gasteiger charge is -2.21. The maximum atomic E-state index is 13.1. The molecule has 6 heteroatoms. The number of nitrogens with two attached hydrogens (primary N) is 1. The fraction of sp³-hybridized carbons (Fsp3) is 0.500. The van der Waals surface area contributed by atoms with Crippen molar-refractivity contribution >= 4 is 17.7 Å². The zero-order valence-electron chi connectivity index (χ0n) is 11.3. The van der Waals surface area contributed by atoms with Gasteiger partial charge in [-0.25, -0.2) is 8.78 Å². The van der Waals surface area contributed by atoms with Gasteiger partial charge in [-0.1, -0.05) is 0 Å². The average Bonchev–Trinajstić information content (AvgIpc) is 2.81. The zero-order valence-corrected chi connectivity index (χ0v) is 12.1. The number of hydrogen-bond acceptors (Lipinski definition) is 3. The fourth-order valence-corrected chi connectivity index (χ4v) is 3.26. The summed E-state index contributed by atoms with van der Waals surface area (Å²) in [6, 6.07) is 3.86. The second kappa shape index (κ2) is 6.54. The predicted molar refractivity (Wildman–Crippen MR) is 75.4 cm³/mol. The summed E-state index contributed by atoms with van der Waals surface area (Å²) in [7, 11) is 0. The van der Waals surface area contributed by atoms with Gasteiger partial charge < -0.3 is 10.6 Å². The molecule has 0 radical (unpaired) electrons. The van der Waals surface area contributed by atoms with Crippen LogP contribution in [-0.2, 0) is 4.79 Å². The molecular formula is C14H18F2N2OS. The molecule has 0 aliphatic carbocycles. The van der Waals surface area contributed by atoms with E-state index in [1.54, 1.807) is 0 Å². The second-order valence-corrected chi connectivity index (χ2v) is 6.15. The summed E-state index contributed by atoms with van der Waals surface area (Å²) in [6.45, 7) is 3.29. The number of carbonyl (C=O) groups is 1. The highest BCUT2D eigenvalue weighted by Crippen LogP contribution is 2.25. The summed E-state index contributed by atoms with van der Waals surface area (Å²) in [5.74, 6) is -1.16. The van der Waals surface area contributed by atoms with Crippen LogP contribution in [0.2, 0.25) is 0 Å². The summed E-state index contributed by atoms with van der Waals surface area (Å²) < 4.78 is 25.9. The van der Waals surface area contributed by atoms with Gasteiger partial charge in [0.15, 0.2) is 11.6 Å². The highest BCUT2D eigenvalue weighted by atomic mass is 32.2. The van der Waals surface area contributed by atoms with Crippen LogP contribution in [0.15, 0.2) is 23.1 Å². The number of amides is 1. The molecule has 2 unspecified atom stereocenters. The van der Waals surface area contributed by atoms with E-state index in [0.29, 0.717) is 23.9 Å². The van der Waals surface area contributed by atoms with E-state index in [1.807, 2.05) is 11.8 Å². The minimum absolute atomic E-state index is 0.0168. The molecule has 1 aliphatic heterocycles. The molecule has 1 heterocycles. The fourth-order valence-electron chi connectivity index (χ4n) is 2.46. The van der Waals surface area contributed by atoms with Crippen LogP contribution in [0.3, 0.4) is 0 Å². The highest BCUT2D eigenvalue weighted by molar-refractivity contribution is 8.00. The Bertz CT molecular complexity index is 498. The molecule has 20 heavy (non-hydrogen) atoms. The lowest BCUT2D eigenvalue weighted by atomic mass is 10.1. The Balaban J connectivity index is 1.90. The number of nitrogens with zero attached hydrogens (tertiary/aromatic N) is 1. The van der Waals surface area contributed by atoms with Crippen molar-refractivity contribution in [2.45, 2.75) is 24.3 Å². The minimum Gasteiger partial charge on any atom is -0.339 e. The van der Waals surface area contributed by atoms with Gasteiger partial charge in [0.25, 0.3) is 0 Å². The zero-order chi connectivity index (χ0) is 14.7. The van der Waals surface area contributed by atoms with E-state index in [1.165, 1.54) is 17.8 Å². The third-order valence-electron chi connectivity index (χ3n) is 3.57. The molecule has 1 fully saturated rings. The molecule has 0 spiro atoms. The van der Waals surface area contributed by atoms with Gasteiger partial charge in [-0.2, -0.15) is 0 Å². The number of likely N-dealkylation sites (tertiary alicyclic amines) is 1. The maximum absolute atomic E-state index is 13.1. The number of halogens is 2. The molecular weight excluding hydrogens is 282 g/mol. The number of rotatable bonds is 4. The molecule has 1 saturated heterocycles. The van der Waals surface area contributed by atoms with E-state index in [4.69, 9.17) is 5.73 Å². The van der Waals surface area contributed by atoms with Crippen LogP contribution in [0.4, 0.5) is 8.78 Å². The van der Waals surface area contributed by atoms with Crippen molar-refractivity contribution < 1.29 is 13.6 Å². The van der Waals surface area contributed by atoms with Gasteiger partial charge in [0.1, 0.15) is 0 Å². The van der Waals surface area contributed by atoms with Crippen molar-refractivity contribution in [3.8, 4) is 0 Å². The van der Waals surface area contributed by atoms with Crippen LogP contribution in [-0.4, -0.2) is 35.7 Å². The number of carbonyl (C=O) groups excluding carboxylic acids is 1. The van der Waals surface area contributed by atoms with Crippen LogP contribution < -0.4 is 5.73 Å². The molecule has 0 aromatic heterocycles. The lowest BCUT2D eigenvalue weighted by Crippen LogP contribution is -2.35. The standard InChI is InChI=1S/C14H18F2N2OS/c1-9-4-10(6-17)7-18(9)14(19)8-20-11-2-3-12(15)13(16)5-11/h2-3,5,9-10H,4,6-8,17H2,1H3. The van der Waals surface area contributed by atoms with E-state index >= 15 is 0 Å². The maximum Gasteiger partial charge on any atom is 0.233 e.